The zero-order chi connectivity index (χ0) is 14.5. The Bertz CT molecular complexity index is 658. The first-order valence-electron chi connectivity index (χ1n) is 7.21. The summed E-state index contributed by atoms with van der Waals surface area (Å²) in [4.78, 5) is 4.36. The number of fused-ring (bicyclic) bond motifs is 1. The Kier molecular flexibility index (Phi) is 3.10. The zero-order valence-electron chi connectivity index (χ0n) is 12.9. The number of aromatic nitrogens is 2. The molecule has 0 bridgehead atoms. The molecule has 0 unspecified atom stereocenters. The normalized spacial score (nSPS) is 16.7. The van der Waals surface area contributed by atoms with Gasteiger partial charge in [0.05, 0.1) is 18.6 Å². The van der Waals surface area contributed by atoms with Crippen LogP contribution in [-0.2, 0) is 11.0 Å². The molecule has 1 aliphatic heterocycles. The standard InChI is InChI=1S/C16H22N2OSi/c1-11(2)13-6-7-15(18-8-12(3)17-10-18)16-14(13)9-19-20(16,4)5/h6-8,10-11H,9H2,1-5H3. The molecule has 3 rings (SSSR count). The van der Waals surface area contributed by atoms with Gasteiger partial charge < -0.3 is 8.99 Å². The van der Waals surface area contributed by atoms with Gasteiger partial charge in [-0.15, -0.1) is 0 Å². The molecule has 0 spiro atoms. The molecule has 1 aromatic carbocycles. The van der Waals surface area contributed by atoms with Crippen LogP contribution in [0.15, 0.2) is 24.7 Å². The Labute approximate surface area is 121 Å². The molecule has 0 radical (unpaired) electrons. The van der Waals surface area contributed by atoms with Gasteiger partial charge in [-0.3, -0.25) is 0 Å². The van der Waals surface area contributed by atoms with Gasteiger partial charge in [-0.1, -0.05) is 19.9 Å². The number of aryl methyl sites for hydroxylation is 1. The van der Waals surface area contributed by atoms with Gasteiger partial charge in [-0.2, -0.15) is 0 Å². The molecule has 0 atom stereocenters. The van der Waals surface area contributed by atoms with Gasteiger partial charge in [0.2, 0.25) is 8.32 Å². The van der Waals surface area contributed by atoms with Gasteiger partial charge in [0.25, 0.3) is 0 Å². The quantitative estimate of drug-likeness (QED) is 0.792. The topological polar surface area (TPSA) is 27.1 Å². The fourth-order valence-electron chi connectivity index (χ4n) is 3.11. The largest absolute Gasteiger partial charge is 0.409 e. The Hall–Kier alpha value is -1.39. The molecule has 0 saturated carbocycles. The van der Waals surface area contributed by atoms with Gasteiger partial charge >= 0.3 is 0 Å². The third kappa shape index (κ3) is 2.03. The van der Waals surface area contributed by atoms with Crippen LogP contribution in [0, 0.1) is 6.92 Å². The molecule has 106 valence electrons. The predicted octanol–water partition coefficient (Wildman–Crippen LogP) is 3.25. The SMILES string of the molecule is Cc1cn(-c2ccc(C(C)C)c3c2[Si](C)(C)OC3)cn1. The Balaban J connectivity index is 2.25. The Morgan fingerprint density at radius 2 is 2.05 bits per heavy atom. The second-order valence-electron chi connectivity index (χ2n) is 6.40. The minimum Gasteiger partial charge on any atom is -0.409 e. The fourth-order valence-corrected chi connectivity index (χ4v) is 5.53. The van der Waals surface area contributed by atoms with E-state index in [0.717, 1.165) is 12.3 Å². The molecule has 0 N–H and O–H groups in total. The van der Waals surface area contributed by atoms with E-state index in [1.54, 1.807) is 0 Å². The lowest BCUT2D eigenvalue weighted by atomic mass is 9.97. The maximum absolute atomic E-state index is 6.18. The van der Waals surface area contributed by atoms with Crippen LogP contribution in [-0.4, -0.2) is 17.9 Å². The summed E-state index contributed by atoms with van der Waals surface area (Å²) in [6.45, 7) is 11.9. The number of nitrogens with zero attached hydrogens (tertiary/aromatic N) is 2. The lowest BCUT2D eigenvalue weighted by molar-refractivity contribution is 0.318. The third-order valence-corrected chi connectivity index (χ3v) is 6.75. The van der Waals surface area contributed by atoms with Gasteiger partial charge in [0, 0.05) is 11.9 Å². The van der Waals surface area contributed by atoms with Crippen LogP contribution in [0.5, 0.6) is 0 Å². The summed E-state index contributed by atoms with van der Waals surface area (Å²) in [7, 11) is -1.80. The van der Waals surface area contributed by atoms with Crippen LogP contribution >= 0.6 is 0 Å². The van der Waals surface area contributed by atoms with Crippen molar-refractivity contribution < 1.29 is 4.43 Å². The summed E-state index contributed by atoms with van der Waals surface area (Å²) < 4.78 is 8.32. The van der Waals surface area contributed by atoms with Crippen molar-refractivity contribution >= 4 is 13.5 Å². The van der Waals surface area contributed by atoms with E-state index in [-0.39, 0.29) is 0 Å². The van der Waals surface area contributed by atoms with Gasteiger partial charge in [0.1, 0.15) is 0 Å². The Morgan fingerprint density at radius 3 is 2.65 bits per heavy atom. The number of hydrogen-bond acceptors (Lipinski definition) is 2. The van der Waals surface area contributed by atoms with E-state index in [4.69, 9.17) is 4.43 Å². The molecule has 3 nitrogen and oxygen atoms in total. The molecule has 0 fully saturated rings. The van der Waals surface area contributed by atoms with Crippen LogP contribution in [0.2, 0.25) is 13.1 Å². The maximum Gasteiger partial charge on any atom is 0.221 e. The van der Waals surface area contributed by atoms with Crippen LogP contribution in [0.3, 0.4) is 0 Å². The molecule has 2 heterocycles. The lowest BCUT2D eigenvalue weighted by Crippen LogP contribution is -2.42. The van der Waals surface area contributed by atoms with Gasteiger partial charge in [0.15, 0.2) is 0 Å². The van der Waals surface area contributed by atoms with E-state index in [1.807, 2.05) is 13.3 Å². The average Bonchev–Trinajstić information content (AvgIpc) is 2.93. The highest BCUT2D eigenvalue weighted by Crippen LogP contribution is 2.30. The number of rotatable bonds is 2. The van der Waals surface area contributed by atoms with E-state index in [0.29, 0.717) is 5.92 Å². The van der Waals surface area contributed by atoms with Crippen molar-refractivity contribution in [2.24, 2.45) is 0 Å². The number of imidazole rings is 1. The van der Waals surface area contributed by atoms with E-state index in [2.05, 4.69) is 54.8 Å². The highest BCUT2D eigenvalue weighted by Gasteiger charge is 2.38. The van der Waals surface area contributed by atoms with Crippen LogP contribution in [0.4, 0.5) is 0 Å². The first kappa shape index (κ1) is 13.6. The summed E-state index contributed by atoms with van der Waals surface area (Å²) in [5.74, 6) is 0.536. The third-order valence-electron chi connectivity index (χ3n) is 4.12. The van der Waals surface area contributed by atoms with Crippen LogP contribution in [0.25, 0.3) is 5.69 Å². The fraction of sp³-hybridized carbons (Fsp3) is 0.438. The van der Waals surface area contributed by atoms with Crippen LogP contribution in [0.1, 0.15) is 36.6 Å². The smallest absolute Gasteiger partial charge is 0.221 e. The van der Waals surface area contributed by atoms with Crippen molar-refractivity contribution in [3.63, 3.8) is 0 Å². The van der Waals surface area contributed by atoms with E-state index in [1.165, 1.54) is 22.0 Å². The minimum absolute atomic E-state index is 0.536. The first-order valence-corrected chi connectivity index (χ1v) is 10.1. The molecule has 1 aromatic heterocycles. The van der Waals surface area contributed by atoms with Crippen molar-refractivity contribution in [2.75, 3.05) is 0 Å². The van der Waals surface area contributed by atoms with E-state index >= 15 is 0 Å². The van der Waals surface area contributed by atoms with E-state index < -0.39 is 8.32 Å². The first-order chi connectivity index (χ1) is 9.40. The van der Waals surface area contributed by atoms with Crippen molar-refractivity contribution in [1.82, 2.24) is 9.55 Å². The predicted molar refractivity (Wildman–Crippen MR) is 84.3 cm³/mol. The second-order valence-corrected chi connectivity index (χ2v) is 10.2. The highest BCUT2D eigenvalue weighted by molar-refractivity contribution is 6.86. The molecule has 1 aliphatic rings. The van der Waals surface area contributed by atoms with Crippen molar-refractivity contribution in [3.05, 3.63) is 41.5 Å². The average molecular weight is 286 g/mol. The molecule has 4 heteroatoms. The van der Waals surface area contributed by atoms with Crippen LogP contribution < -0.4 is 5.19 Å². The summed E-state index contributed by atoms with van der Waals surface area (Å²) in [5, 5.41) is 1.45. The van der Waals surface area contributed by atoms with Crippen molar-refractivity contribution in [2.45, 2.75) is 46.4 Å². The lowest BCUT2D eigenvalue weighted by Gasteiger charge is -2.21. The molecular weight excluding hydrogens is 264 g/mol. The van der Waals surface area contributed by atoms with Crippen molar-refractivity contribution in [1.29, 1.82) is 0 Å². The molecule has 0 saturated heterocycles. The van der Waals surface area contributed by atoms with E-state index in [9.17, 15) is 0 Å². The van der Waals surface area contributed by atoms with Gasteiger partial charge in [-0.25, -0.2) is 4.98 Å². The molecule has 0 amide bonds. The summed E-state index contributed by atoms with van der Waals surface area (Å²) in [6, 6.07) is 4.49. The summed E-state index contributed by atoms with van der Waals surface area (Å²) >= 11 is 0. The molecule has 2 aromatic rings. The molecule has 20 heavy (non-hydrogen) atoms. The highest BCUT2D eigenvalue weighted by atomic mass is 28.4. The monoisotopic (exact) mass is 286 g/mol. The summed E-state index contributed by atoms with van der Waals surface area (Å²) in [5.41, 5.74) is 5.14. The number of hydrogen-bond donors (Lipinski definition) is 0. The second kappa shape index (κ2) is 4.57. The number of benzene rings is 1. The molecular formula is C16H22N2OSi. The molecule has 0 aliphatic carbocycles. The zero-order valence-corrected chi connectivity index (χ0v) is 13.9. The van der Waals surface area contributed by atoms with Crippen molar-refractivity contribution in [3.8, 4) is 5.69 Å². The Morgan fingerprint density at radius 1 is 1.30 bits per heavy atom. The maximum atomic E-state index is 6.18. The van der Waals surface area contributed by atoms with Gasteiger partial charge in [-0.05, 0) is 48.3 Å². The minimum atomic E-state index is -1.80. The summed E-state index contributed by atoms with van der Waals surface area (Å²) in [6.07, 6.45) is 4.00.